The maximum absolute atomic E-state index is 12.1. The van der Waals surface area contributed by atoms with E-state index in [0.29, 0.717) is 36.5 Å². The van der Waals surface area contributed by atoms with Crippen molar-refractivity contribution in [2.24, 2.45) is 18.0 Å². The Labute approximate surface area is 161 Å². The molecule has 1 fully saturated rings. The summed E-state index contributed by atoms with van der Waals surface area (Å²) in [5.41, 5.74) is 1.05. The first kappa shape index (κ1) is 21.1. The molecule has 1 aromatic rings. The Morgan fingerprint density at radius 3 is 2.73 bits per heavy atom. The summed E-state index contributed by atoms with van der Waals surface area (Å²) >= 11 is 6.03. The van der Waals surface area contributed by atoms with Gasteiger partial charge in [0.05, 0.1) is 23.9 Å². The minimum Gasteiger partial charge on any atom is -0.357 e. The molecule has 0 unspecified atom stereocenters. The summed E-state index contributed by atoms with van der Waals surface area (Å²) in [6.07, 6.45) is 5.31. The van der Waals surface area contributed by atoms with Crippen molar-refractivity contribution >= 4 is 27.6 Å². The Balaban J connectivity index is 1.88. The molecule has 0 aromatic carbocycles. The summed E-state index contributed by atoms with van der Waals surface area (Å²) < 4.78 is 28.8. The van der Waals surface area contributed by atoms with Gasteiger partial charge in [0, 0.05) is 39.1 Å². The van der Waals surface area contributed by atoms with Gasteiger partial charge in [0.1, 0.15) is 0 Å². The first-order chi connectivity index (χ1) is 12.3. The molecular weight excluding hydrogens is 374 g/mol. The number of rotatable bonds is 9. The van der Waals surface area contributed by atoms with Crippen molar-refractivity contribution in [2.75, 3.05) is 32.4 Å². The monoisotopic (exact) mass is 403 g/mol. The normalized spacial score (nSPS) is 15.8. The van der Waals surface area contributed by atoms with Crippen LogP contribution >= 0.6 is 11.6 Å². The summed E-state index contributed by atoms with van der Waals surface area (Å²) in [6.45, 7) is 4.10. The van der Waals surface area contributed by atoms with Crippen LogP contribution in [0.1, 0.15) is 31.9 Å². The zero-order chi connectivity index (χ0) is 19.2. The van der Waals surface area contributed by atoms with Crippen LogP contribution in [0, 0.1) is 5.92 Å². The van der Waals surface area contributed by atoms with Crippen molar-refractivity contribution in [1.82, 2.24) is 19.5 Å². The number of hydrogen-bond acceptors (Lipinski definition) is 3. The minimum absolute atomic E-state index is 0.00155. The fraction of sp³-hybridized carbons (Fsp3) is 0.706. The third-order valence-corrected chi connectivity index (χ3v) is 6.14. The van der Waals surface area contributed by atoms with Crippen LogP contribution in [0.2, 0.25) is 5.02 Å². The molecule has 1 aliphatic rings. The molecular formula is C17H30ClN5O2S. The predicted octanol–water partition coefficient (Wildman–Crippen LogP) is 1.80. The molecule has 0 aliphatic heterocycles. The SMILES string of the molecule is CCNC(=NCCS(=O)(=O)NCC1CCC1)N(C)Cc1cc(Cl)cn1C. The average molecular weight is 404 g/mol. The molecule has 26 heavy (non-hydrogen) atoms. The van der Waals surface area contributed by atoms with Crippen LogP contribution in [0.4, 0.5) is 0 Å². The number of halogens is 1. The highest BCUT2D eigenvalue weighted by molar-refractivity contribution is 7.89. The van der Waals surface area contributed by atoms with Crippen molar-refractivity contribution in [1.29, 1.82) is 0 Å². The number of nitrogens with one attached hydrogen (secondary N) is 2. The Morgan fingerprint density at radius 1 is 1.46 bits per heavy atom. The van der Waals surface area contributed by atoms with E-state index in [4.69, 9.17) is 11.6 Å². The summed E-state index contributed by atoms with van der Waals surface area (Å²) in [7, 11) is 0.590. The smallest absolute Gasteiger partial charge is 0.213 e. The van der Waals surface area contributed by atoms with Crippen LogP contribution in [0.15, 0.2) is 17.3 Å². The Hall–Kier alpha value is -1.25. The lowest BCUT2D eigenvalue weighted by Crippen LogP contribution is -2.39. The zero-order valence-corrected chi connectivity index (χ0v) is 17.4. The van der Waals surface area contributed by atoms with E-state index in [0.717, 1.165) is 18.5 Å². The van der Waals surface area contributed by atoms with Crippen LogP contribution in [0.5, 0.6) is 0 Å². The number of guanidine groups is 1. The van der Waals surface area contributed by atoms with Gasteiger partial charge in [-0.05, 0) is 31.7 Å². The van der Waals surface area contributed by atoms with E-state index in [9.17, 15) is 8.42 Å². The molecule has 0 amide bonds. The first-order valence-electron chi connectivity index (χ1n) is 9.08. The highest BCUT2D eigenvalue weighted by Crippen LogP contribution is 2.25. The number of hydrogen-bond donors (Lipinski definition) is 2. The molecule has 148 valence electrons. The number of aliphatic imine (C=N–C) groups is 1. The highest BCUT2D eigenvalue weighted by Gasteiger charge is 2.20. The Kier molecular flexibility index (Phi) is 7.79. The van der Waals surface area contributed by atoms with Crippen LogP contribution in [0.25, 0.3) is 0 Å². The third-order valence-electron chi connectivity index (χ3n) is 4.61. The van der Waals surface area contributed by atoms with Gasteiger partial charge in [0.2, 0.25) is 10.0 Å². The molecule has 2 N–H and O–H groups in total. The first-order valence-corrected chi connectivity index (χ1v) is 11.1. The molecule has 0 atom stereocenters. The van der Waals surface area contributed by atoms with Crippen LogP contribution < -0.4 is 10.0 Å². The topological polar surface area (TPSA) is 78.7 Å². The van der Waals surface area contributed by atoms with Gasteiger partial charge in [-0.15, -0.1) is 0 Å². The van der Waals surface area contributed by atoms with Gasteiger partial charge in [-0.1, -0.05) is 18.0 Å². The van der Waals surface area contributed by atoms with Gasteiger partial charge in [-0.3, -0.25) is 4.99 Å². The summed E-state index contributed by atoms with van der Waals surface area (Å²) in [6, 6.07) is 1.91. The molecule has 1 heterocycles. The van der Waals surface area contributed by atoms with Gasteiger partial charge in [-0.25, -0.2) is 13.1 Å². The number of nitrogens with zero attached hydrogens (tertiary/aromatic N) is 3. The predicted molar refractivity (Wildman–Crippen MR) is 107 cm³/mol. The third kappa shape index (κ3) is 6.48. The second kappa shape index (κ2) is 9.62. The summed E-state index contributed by atoms with van der Waals surface area (Å²) in [4.78, 5) is 6.42. The molecule has 7 nitrogen and oxygen atoms in total. The maximum Gasteiger partial charge on any atom is 0.213 e. The number of aromatic nitrogens is 1. The molecule has 9 heteroatoms. The van der Waals surface area contributed by atoms with E-state index >= 15 is 0 Å². The van der Waals surface area contributed by atoms with E-state index in [-0.39, 0.29) is 12.3 Å². The number of aryl methyl sites for hydroxylation is 1. The molecule has 1 saturated carbocycles. The van der Waals surface area contributed by atoms with E-state index in [2.05, 4.69) is 15.0 Å². The van der Waals surface area contributed by atoms with Gasteiger partial charge in [-0.2, -0.15) is 0 Å². The Bertz CT molecular complexity index is 713. The summed E-state index contributed by atoms with van der Waals surface area (Å²) in [5, 5.41) is 3.90. The van der Waals surface area contributed by atoms with Crippen LogP contribution in [-0.4, -0.2) is 56.3 Å². The molecule has 0 spiro atoms. The lowest BCUT2D eigenvalue weighted by atomic mass is 9.86. The maximum atomic E-state index is 12.1. The van der Waals surface area contributed by atoms with Gasteiger partial charge < -0.3 is 14.8 Å². The lowest BCUT2D eigenvalue weighted by molar-refractivity contribution is 0.316. The van der Waals surface area contributed by atoms with E-state index < -0.39 is 10.0 Å². The fourth-order valence-corrected chi connectivity index (χ4v) is 4.03. The fourth-order valence-electron chi connectivity index (χ4n) is 2.80. The van der Waals surface area contributed by atoms with E-state index in [1.807, 2.05) is 42.7 Å². The molecule has 1 aromatic heterocycles. The largest absolute Gasteiger partial charge is 0.357 e. The van der Waals surface area contributed by atoms with Crippen molar-refractivity contribution in [2.45, 2.75) is 32.7 Å². The van der Waals surface area contributed by atoms with Gasteiger partial charge in [0.15, 0.2) is 5.96 Å². The molecule has 0 radical (unpaired) electrons. The standard InChI is InChI=1S/C17H30ClN5O2S/c1-4-19-17(23(3)13-16-10-15(18)12-22(16)2)20-8-9-26(24,25)21-11-14-6-5-7-14/h10,12,14,21H,4-9,11,13H2,1-3H3,(H,19,20). The van der Waals surface area contributed by atoms with Gasteiger partial charge >= 0.3 is 0 Å². The van der Waals surface area contributed by atoms with Crippen molar-refractivity contribution in [3.05, 3.63) is 23.0 Å². The minimum atomic E-state index is -3.28. The van der Waals surface area contributed by atoms with E-state index in [1.54, 1.807) is 0 Å². The van der Waals surface area contributed by atoms with Crippen LogP contribution in [-0.2, 0) is 23.6 Å². The second-order valence-electron chi connectivity index (χ2n) is 6.82. The van der Waals surface area contributed by atoms with Crippen molar-refractivity contribution in [3.8, 4) is 0 Å². The summed E-state index contributed by atoms with van der Waals surface area (Å²) in [5.74, 6) is 1.19. The molecule has 1 aliphatic carbocycles. The quantitative estimate of drug-likeness (QED) is 0.486. The molecule has 0 bridgehead atoms. The van der Waals surface area contributed by atoms with E-state index in [1.165, 1.54) is 6.42 Å². The van der Waals surface area contributed by atoms with Crippen molar-refractivity contribution < 1.29 is 8.42 Å². The number of sulfonamides is 1. The highest BCUT2D eigenvalue weighted by atomic mass is 35.5. The zero-order valence-electron chi connectivity index (χ0n) is 15.8. The Morgan fingerprint density at radius 2 is 2.19 bits per heavy atom. The molecule has 0 saturated heterocycles. The van der Waals surface area contributed by atoms with Crippen molar-refractivity contribution in [3.63, 3.8) is 0 Å². The average Bonchev–Trinajstić information content (AvgIpc) is 2.82. The van der Waals surface area contributed by atoms with Crippen LogP contribution in [0.3, 0.4) is 0 Å². The lowest BCUT2D eigenvalue weighted by Gasteiger charge is -2.25. The molecule has 2 rings (SSSR count). The van der Waals surface area contributed by atoms with Gasteiger partial charge in [0.25, 0.3) is 0 Å². The second-order valence-corrected chi connectivity index (χ2v) is 9.18.